The lowest BCUT2D eigenvalue weighted by Crippen LogP contribution is -2.12. The Labute approximate surface area is 183 Å². The van der Waals surface area contributed by atoms with E-state index < -0.39 is 29.2 Å². The minimum absolute atomic E-state index is 0.0535. The number of hydrogen-bond donors (Lipinski definition) is 1. The molecule has 1 aromatic heterocycles. The molecule has 0 aliphatic heterocycles. The summed E-state index contributed by atoms with van der Waals surface area (Å²) >= 11 is 3.36. The van der Waals surface area contributed by atoms with Crippen LogP contribution < -0.4 is 10.1 Å². The van der Waals surface area contributed by atoms with E-state index >= 15 is 0 Å². The Morgan fingerprint density at radius 3 is 2.58 bits per heavy atom. The third-order valence-corrected chi connectivity index (χ3v) is 4.90. The molecule has 0 saturated heterocycles. The van der Waals surface area contributed by atoms with Gasteiger partial charge in [0.2, 0.25) is 0 Å². The summed E-state index contributed by atoms with van der Waals surface area (Å²) in [5.41, 5.74) is -1.48. The summed E-state index contributed by atoms with van der Waals surface area (Å²) in [6, 6.07) is 6.05. The van der Waals surface area contributed by atoms with Crippen LogP contribution in [0.2, 0.25) is 0 Å². The zero-order chi connectivity index (χ0) is 22.8. The Kier molecular flexibility index (Phi) is 6.68. The fraction of sp³-hybridized carbons (Fsp3) is 0.238. The minimum atomic E-state index is -4.87. The van der Waals surface area contributed by atoms with Crippen LogP contribution in [0, 0.1) is 5.82 Å². The first-order chi connectivity index (χ1) is 14.7. The van der Waals surface area contributed by atoms with Crippen LogP contribution in [0.5, 0.6) is 5.75 Å². The molecular formula is C21H17BrF4N2O3. The second-order valence-electron chi connectivity index (χ2n) is 6.29. The second kappa shape index (κ2) is 9.09. The normalized spacial score (nSPS) is 11.5. The average Bonchev–Trinajstić information content (AvgIpc) is 2.70. The van der Waals surface area contributed by atoms with Crippen LogP contribution >= 0.6 is 15.9 Å². The van der Waals surface area contributed by atoms with Crippen molar-refractivity contribution >= 4 is 44.2 Å². The fourth-order valence-electron chi connectivity index (χ4n) is 2.94. The number of benzene rings is 2. The summed E-state index contributed by atoms with van der Waals surface area (Å²) in [5.74, 6) is -1.75. The van der Waals surface area contributed by atoms with E-state index in [4.69, 9.17) is 9.47 Å². The molecule has 10 heteroatoms. The maximum atomic E-state index is 14.6. The Hall–Kier alpha value is -2.88. The molecule has 0 atom stereocenters. The number of nitrogens with zero attached hydrogens (tertiary/aromatic N) is 1. The number of ether oxygens (including phenoxy) is 2. The second-order valence-corrected chi connectivity index (χ2v) is 7.14. The van der Waals surface area contributed by atoms with Gasteiger partial charge in [0, 0.05) is 17.6 Å². The monoisotopic (exact) mass is 500 g/mol. The fourth-order valence-corrected chi connectivity index (χ4v) is 3.40. The van der Waals surface area contributed by atoms with Gasteiger partial charge in [-0.3, -0.25) is 4.98 Å². The summed E-state index contributed by atoms with van der Waals surface area (Å²) < 4.78 is 65.1. The highest BCUT2D eigenvalue weighted by atomic mass is 79.9. The first-order valence-corrected chi connectivity index (χ1v) is 10.0. The predicted octanol–water partition coefficient (Wildman–Crippen LogP) is 6.47. The van der Waals surface area contributed by atoms with E-state index in [1.54, 1.807) is 26.0 Å². The van der Waals surface area contributed by atoms with Gasteiger partial charge in [-0.1, -0.05) is 6.07 Å². The molecule has 0 spiro atoms. The van der Waals surface area contributed by atoms with Gasteiger partial charge >= 0.3 is 12.1 Å². The molecule has 0 unspecified atom stereocenters. The van der Waals surface area contributed by atoms with Crippen molar-refractivity contribution in [1.82, 2.24) is 4.98 Å². The number of anilines is 2. The maximum absolute atomic E-state index is 14.6. The molecule has 0 amide bonds. The molecule has 31 heavy (non-hydrogen) atoms. The number of aromatic nitrogens is 1. The van der Waals surface area contributed by atoms with Crippen molar-refractivity contribution in [3.8, 4) is 5.75 Å². The molecule has 0 fully saturated rings. The van der Waals surface area contributed by atoms with Gasteiger partial charge in [0.15, 0.2) is 5.82 Å². The molecule has 0 aliphatic carbocycles. The number of nitrogens with one attached hydrogen (secondary N) is 1. The van der Waals surface area contributed by atoms with Crippen molar-refractivity contribution < 1.29 is 31.8 Å². The highest BCUT2D eigenvalue weighted by Gasteiger charge is 2.35. The number of rotatable bonds is 6. The molecule has 1 heterocycles. The number of pyridine rings is 1. The Balaban J connectivity index is 2.22. The molecular weight excluding hydrogens is 484 g/mol. The number of carbonyl (C=O) groups excluding carboxylic acids is 1. The summed E-state index contributed by atoms with van der Waals surface area (Å²) in [6.07, 6.45) is -3.65. The van der Waals surface area contributed by atoms with Gasteiger partial charge in [-0.25, -0.2) is 9.18 Å². The molecule has 0 bridgehead atoms. The standard InChI is InChI=1S/C21H17BrF4N2O3/c1-3-30-17-9-16-11(8-14(17)22)19(12(10-27-16)20(29)31-4-2)28-15-7-5-6-13(18(15)23)21(24,25)26/h5-10H,3-4H2,1-2H3,(H,27,28). The molecule has 1 N–H and O–H groups in total. The first kappa shape index (κ1) is 22.8. The Bertz CT molecular complexity index is 1140. The summed E-state index contributed by atoms with van der Waals surface area (Å²) in [5, 5.41) is 3.00. The van der Waals surface area contributed by atoms with E-state index in [0.717, 1.165) is 12.1 Å². The summed E-state index contributed by atoms with van der Waals surface area (Å²) in [7, 11) is 0. The molecule has 3 rings (SSSR count). The SMILES string of the molecule is CCOC(=O)c1cnc2cc(OCC)c(Br)cc2c1Nc1cccc(C(F)(F)F)c1F. The van der Waals surface area contributed by atoms with Gasteiger partial charge < -0.3 is 14.8 Å². The van der Waals surface area contributed by atoms with Crippen LogP contribution in [0.25, 0.3) is 10.9 Å². The number of halogens is 5. The van der Waals surface area contributed by atoms with Crippen LogP contribution in [0.15, 0.2) is 41.0 Å². The molecule has 164 valence electrons. The third kappa shape index (κ3) is 4.73. The minimum Gasteiger partial charge on any atom is -0.493 e. The van der Waals surface area contributed by atoms with Crippen molar-refractivity contribution in [3.05, 3.63) is 57.9 Å². The molecule has 2 aromatic carbocycles. The van der Waals surface area contributed by atoms with Crippen molar-refractivity contribution in [2.45, 2.75) is 20.0 Å². The molecule has 3 aromatic rings. The van der Waals surface area contributed by atoms with Gasteiger partial charge in [0.05, 0.1) is 40.1 Å². The largest absolute Gasteiger partial charge is 0.493 e. The lowest BCUT2D eigenvalue weighted by Gasteiger charge is -2.17. The van der Waals surface area contributed by atoms with Gasteiger partial charge in [-0.2, -0.15) is 13.2 Å². The van der Waals surface area contributed by atoms with E-state index in [1.807, 2.05) is 0 Å². The van der Waals surface area contributed by atoms with Crippen molar-refractivity contribution in [1.29, 1.82) is 0 Å². The number of fused-ring (bicyclic) bond motifs is 1. The van der Waals surface area contributed by atoms with Crippen LogP contribution in [0.4, 0.5) is 28.9 Å². The van der Waals surface area contributed by atoms with Gasteiger partial charge in [0.1, 0.15) is 11.3 Å². The van der Waals surface area contributed by atoms with E-state index in [-0.39, 0.29) is 17.9 Å². The molecule has 0 radical (unpaired) electrons. The van der Waals surface area contributed by atoms with Crippen molar-refractivity contribution in [3.63, 3.8) is 0 Å². The lowest BCUT2D eigenvalue weighted by atomic mass is 10.1. The summed E-state index contributed by atoms with van der Waals surface area (Å²) in [6.45, 7) is 3.88. The van der Waals surface area contributed by atoms with Gasteiger partial charge in [-0.05, 0) is 48.0 Å². The van der Waals surface area contributed by atoms with Crippen molar-refractivity contribution in [2.24, 2.45) is 0 Å². The van der Waals surface area contributed by atoms with Crippen molar-refractivity contribution in [2.75, 3.05) is 18.5 Å². The highest BCUT2D eigenvalue weighted by Crippen LogP contribution is 2.39. The highest BCUT2D eigenvalue weighted by molar-refractivity contribution is 9.10. The van der Waals surface area contributed by atoms with Crippen LogP contribution in [0.3, 0.4) is 0 Å². The van der Waals surface area contributed by atoms with E-state index in [2.05, 4.69) is 26.2 Å². The zero-order valence-electron chi connectivity index (χ0n) is 16.4. The Morgan fingerprint density at radius 1 is 1.19 bits per heavy atom. The predicted molar refractivity (Wildman–Crippen MR) is 111 cm³/mol. The first-order valence-electron chi connectivity index (χ1n) is 9.22. The molecule has 0 aliphatic rings. The van der Waals surface area contributed by atoms with Gasteiger partial charge in [-0.15, -0.1) is 0 Å². The van der Waals surface area contributed by atoms with Crippen LogP contribution in [-0.2, 0) is 10.9 Å². The quantitative estimate of drug-likeness (QED) is 0.310. The lowest BCUT2D eigenvalue weighted by molar-refractivity contribution is -0.139. The van der Waals surface area contributed by atoms with E-state index in [9.17, 15) is 22.4 Å². The van der Waals surface area contributed by atoms with E-state index in [0.29, 0.717) is 33.8 Å². The topological polar surface area (TPSA) is 60.5 Å². The van der Waals surface area contributed by atoms with Crippen LogP contribution in [0.1, 0.15) is 29.8 Å². The van der Waals surface area contributed by atoms with Gasteiger partial charge in [0.25, 0.3) is 0 Å². The summed E-state index contributed by atoms with van der Waals surface area (Å²) in [4.78, 5) is 16.7. The number of hydrogen-bond acceptors (Lipinski definition) is 5. The number of alkyl halides is 3. The maximum Gasteiger partial charge on any atom is 0.419 e. The zero-order valence-corrected chi connectivity index (χ0v) is 18.0. The smallest absolute Gasteiger partial charge is 0.419 e. The molecule has 5 nitrogen and oxygen atoms in total. The molecule has 0 saturated carbocycles. The third-order valence-electron chi connectivity index (χ3n) is 4.28. The average molecular weight is 501 g/mol. The van der Waals surface area contributed by atoms with Crippen LogP contribution in [-0.4, -0.2) is 24.2 Å². The van der Waals surface area contributed by atoms with E-state index in [1.165, 1.54) is 6.20 Å². The number of esters is 1. The number of carbonyl (C=O) groups is 1. The Morgan fingerprint density at radius 2 is 1.94 bits per heavy atom.